The van der Waals surface area contributed by atoms with Crippen LogP contribution in [0.5, 0.6) is 5.75 Å². The number of hydrogen-bond donors (Lipinski definition) is 1. The van der Waals surface area contributed by atoms with E-state index in [1.165, 1.54) is 5.56 Å². The summed E-state index contributed by atoms with van der Waals surface area (Å²) in [5.41, 5.74) is 2.31. The van der Waals surface area contributed by atoms with Gasteiger partial charge in [0.1, 0.15) is 5.75 Å². The third-order valence-corrected chi connectivity index (χ3v) is 2.84. The summed E-state index contributed by atoms with van der Waals surface area (Å²) in [6, 6.07) is 6.02. The highest BCUT2D eigenvalue weighted by Gasteiger charge is 2.26. The SMILES string of the molecule is CCOc1ccc2c(c1)C(O)CC2C. The maximum atomic E-state index is 9.79. The highest BCUT2D eigenvalue weighted by Crippen LogP contribution is 2.41. The number of benzene rings is 1. The van der Waals surface area contributed by atoms with Crippen LogP contribution in [-0.4, -0.2) is 11.7 Å². The van der Waals surface area contributed by atoms with Crippen LogP contribution in [0.4, 0.5) is 0 Å². The van der Waals surface area contributed by atoms with Gasteiger partial charge in [-0.05, 0) is 42.5 Å². The lowest BCUT2D eigenvalue weighted by molar-refractivity contribution is 0.174. The van der Waals surface area contributed by atoms with Crippen molar-refractivity contribution in [2.75, 3.05) is 6.61 Å². The maximum Gasteiger partial charge on any atom is 0.119 e. The molecule has 0 spiro atoms. The highest BCUT2D eigenvalue weighted by atomic mass is 16.5. The van der Waals surface area contributed by atoms with E-state index >= 15 is 0 Å². The van der Waals surface area contributed by atoms with Crippen molar-refractivity contribution in [3.8, 4) is 5.75 Å². The van der Waals surface area contributed by atoms with Gasteiger partial charge in [0.15, 0.2) is 0 Å². The van der Waals surface area contributed by atoms with Gasteiger partial charge in [0, 0.05) is 0 Å². The molecule has 1 aliphatic rings. The average Bonchev–Trinajstić information content (AvgIpc) is 2.43. The Morgan fingerprint density at radius 3 is 2.93 bits per heavy atom. The van der Waals surface area contributed by atoms with Gasteiger partial charge in [-0.25, -0.2) is 0 Å². The van der Waals surface area contributed by atoms with Crippen LogP contribution in [0, 0.1) is 0 Å². The van der Waals surface area contributed by atoms with Crippen molar-refractivity contribution in [2.45, 2.75) is 32.3 Å². The minimum atomic E-state index is -0.305. The monoisotopic (exact) mass is 192 g/mol. The summed E-state index contributed by atoms with van der Waals surface area (Å²) < 4.78 is 5.40. The van der Waals surface area contributed by atoms with Crippen LogP contribution in [0.15, 0.2) is 18.2 Å². The third-order valence-electron chi connectivity index (χ3n) is 2.84. The summed E-state index contributed by atoms with van der Waals surface area (Å²) in [7, 11) is 0. The predicted molar refractivity (Wildman–Crippen MR) is 55.6 cm³/mol. The molecule has 1 N–H and O–H groups in total. The van der Waals surface area contributed by atoms with Crippen molar-refractivity contribution >= 4 is 0 Å². The number of hydrogen-bond acceptors (Lipinski definition) is 2. The number of ether oxygens (including phenoxy) is 1. The molecule has 2 nitrogen and oxygen atoms in total. The molecular weight excluding hydrogens is 176 g/mol. The number of aliphatic hydroxyl groups is 1. The summed E-state index contributed by atoms with van der Waals surface area (Å²) in [5.74, 6) is 1.33. The van der Waals surface area contributed by atoms with E-state index in [4.69, 9.17) is 4.74 Å². The topological polar surface area (TPSA) is 29.5 Å². The molecule has 0 fully saturated rings. The summed E-state index contributed by atoms with van der Waals surface area (Å²) in [4.78, 5) is 0. The zero-order chi connectivity index (χ0) is 10.1. The molecule has 1 aromatic rings. The molecule has 0 amide bonds. The van der Waals surface area contributed by atoms with E-state index in [0.717, 1.165) is 17.7 Å². The second-order valence-electron chi connectivity index (χ2n) is 3.88. The second-order valence-corrected chi connectivity index (χ2v) is 3.88. The first-order chi connectivity index (χ1) is 6.72. The molecule has 0 radical (unpaired) electrons. The molecule has 2 unspecified atom stereocenters. The van der Waals surface area contributed by atoms with Crippen LogP contribution in [0.25, 0.3) is 0 Å². The first-order valence-electron chi connectivity index (χ1n) is 5.17. The van der Waals surface area contributed by atoms with Crippen molar-refractivity contribution in [1.29, 1.82) is 0 Å². The lowest BCUT2D eigenvalue weighted by atomic mass is 10.0. The minimum absolute atomic E-state index is 0.305. The first-order valence-corrected chi connectivity index (χ1v) is 5.17. The molecule has 14 heavy (non-hydrogen) atoms. The van der Waals surface area contributed by atoms with E-state index in [1.54, 1.807) is 0 Å². The van der Waals surface area contributed by atoms with E-state index in [-0.39, 0.29) is 6.10 Å². The molecule has 1 aromatic carbocycles. The van der Waals surface area contributed by atoms with Crippen molar-refractivity contribution in [3.05, 3.63) is 29.3 Å². The molecule has 0 aliphatic heterocycles. The van der Waals surface area contributed by atoms with Gasteiger partial charge in [-0.2, -0.15) is 0 Å². The van der Waals surface area contributed by atoms with Gasteiger partial charge in [0.05, 0.1) is 12.7 Å². The smallest absolute Gasteiger partial charge is 0.119 e. The van der Waals surface area contributed by atoms with Crippen LogP contribution in [0.2, 0.25) is 0 Å². The molecule has 0 heterocycles. The van der Waals surface area contributed by atoms with Crippen molar-refractivity contribution in [3.63, 3.8) is 0 Å². The molecule has 0 saturated carbocycles. The van der Waals surface area contributed by atoms with Gasteiger partial charge in [-0.15, -0.1) is 0 Å². The maximum absolute atomic E-state index is 9.79. The Hall–Kier alpha value is -1.02. The first kappa shape index (κ1) is 9.53. The summed E-state index contributed by atoms with van der Waals surface area (Å²) in [5, 5.41) is 9.79. The Bertz CT molecular complexity index is 333. The van der Waals surface area contributed by atoms with Crippen LogP contribution in [0.1, 0.15) is 43.4 Å². The lowest BCUT2D eigenvalue weighted by Crippen LogP contribution is -1.95. The van der Waals surface area contributed by atoms with Gasteiger partial charge >= 0.3 is 0 Å². The molecule has 0 aromatic heterocycles. The van der Waals surface area contributed by atoms with E-state index < -0.39 is 0 Å². The fourth-order valence-electron chi connectivity index (χ4n) is 2.14. The zero-order valence-corrected chi connectivity index (χ0v) is 8.66. The standard InChI is InChI=1S/C12H16O2/c1-3-14-9-4-5-10-8(2)6-12(13)11(10)7-9/h4-5,7-8,12-13H,3,6H2,1-2H3. The molecule has 0 bridgehead atoms. The van der Waals surface area contributed by atoms with Gasteiger partial charge in [0.25, 0.3) is 0 Å². The van der Waals surface area contributed by atoms with Crippen molar-refractivity contribution in [2.24, 2.45) is 0 Å². The van der Waals surface area contributed by atoms with Gasteiger partial charge in [0.2, 0.25) is 0 Å². The van der Waals surface area contributed by atoms with E-state index in [1.807, 2.05) is 19.1 Å². The summed E-state index contributed by atoms with van der Waals surface area (Å²) in [6.07, 6.45) is 0.533. The van der Waals surface area contributed by atoms with E-state index in [0.29, 0.717) is 12.5 Å². The Morgan fingerprint density at radius 1 is 1.43 bits per heavy atom. The molecular formula is C12H16O2. The largest absolute Gasteiger partial charge is 0.494 e. The van der Waals surface area contributed by atoms with Crippen LogP contribution < -0.4 is 4.74 Å². The Balaban J connectivity index is 2.35. The Kier molecular flexibility index (Phi) is 2.46. The Labute approximate surface area is 84.5 Å². The van der Waals surface area contributed by atoms with Crippen LogP contribution in [0.3, 0.4) is 0 Å². The molecule has 2 heteroatoms. The highest BCUT2D eigenvalue weighted by molar-refractivity contribution is 5.42. The molecule has 2 rings (SSSR count). The molecule has 0 saturated heterocycles. The van der Waals surface area contributed by atoms with Crippen molar-refractivity contribution < 1.29 is 9.84 Å². The number of rotatable bonds is 2. The molecule has 1 aliphatic carbocycles. The predicted octanol–water partition coefficient (Wildman–Crippen LogP) is 2.63. The normalized spacial score (nSPS) is 24.8. The number of aliphatic hydroxyl groups excluding tert-OH is 1. The fourth-order valence-corrected chi connectivity index (χ4v) is 2.14. The summed E-state index contributed by atoms with van der Waals surface area (Å²) in [6.45, 7) is 4.78. The quantitative estimate of drug-likeness (QED) is 0.780. The lowest BCUT2D eigenvalue weighted by Gasteiger charge is -2.08. The van der Waals surface area contributed by atoms with Crippen LogP contribution >= 0.6 is 0 Å². The van der Waals surface area contributed by atoms with Gasteiger partial charge in [-0.3, -0.25) is 0 Å². The molecule has 2 atom stereocenters. The minimum Gasteiger partial charge on any atom is -0.494 e. The zero-order valence-electron chi connectivity index (χ0n) is 8.66. The van der Waals surface area contributed by atoms with Gasteiger partial charge in [-0.1, -0.05) is 13.0 Å². The fraction of sp³-hybridized carbons (Fsp3) is 0.500. The van der Waals surface area contributed by atoms with Crippen molar-refractivity contribution in [1.82, 2.24) is 0 Å². The van der Waals surface area contributed by atoms with E-state index in [9.17, 15) is 5.11 Å². The number of fused-ring (bicyclic) bond motifs is 1. The van der Waals surface area contributed by atoms with Crippen LogP contribution in [-0.2, 0) is 0 Å². The summed E-state index contributed by atoms with van der Waals surface area (Å²) >= 11 is 0. The molecule has 76 valence electrons. The average molecular weight is 192 g/mol. The van der Waals surface area contributed by atoms with E-state index in [2.05, 4.69) is 13.0 Å². The Morgan fingerprint density at radius 2 is 2.21 bits per heavy atom. The third kappa shape index (κ3) is 1.50. The second kappa shape index (κ2) is 3.62. The van der Waals surface area contributed by atoms with Gasteiger partial charge < -0.3 is 9.84 Å².